The number of fused-ring (bicyclic) bond motifs is 1. The topological polar surface area (TPSA) is 60.2 Å². The minimum atomic E-state index is -0.449. The Morgan fingerprint density at radius 3 is 3.03 bits per heavy atom. The van der Waals surface area contributed by atoms with Gasteiger partial charge in [-0.1, -0.05) is 17.7 Å². The number of imidazole rings is 1. The molecule has 29 heavy (non-hydrogen) atoms. The molecule has 152 valence electrons. The number of methoxy groups -OCH3 is 1. The van der Waals surface area contributed by atoms with E-state index in [9.17, 15) is 9.18 Å². The molecule has 0 N–H and O–H groups in total. The third-order valence-corrected chi connectivity index (χ3v) is 5.75. The van der Waals surface area contributed by atoms with Crippen molar-refractivity contribution in [3.8, 4) is 0 Å². The van der Waals surface area contributed by atoms with Crippen LogP contribution in [0.4, 0.5) is 4.39 Å². The average molecular weight is 417 g/mol. The highest BCUT2D eigenvalue weighted by Gasteiger charge is 2.31. The van der Waals surface area contributed by atoms with Crippen LogP contribution in [0, 0.1) is 5.82 Å². The summed E-state index contributed by atoms with van der Waals surface area (Å²) in [4.78, 5) is 23.6. The lowest BCUT2D eigenvalue weighted by Crippen LogP contribution is -2.30. The zero-order chi connectivity index (χ0) is 20.4. The summed E-state index contributed by atoms with van der Waals surface area (Å²) in [6.45, 7) is 2.40. The summed E-state index contributed by atoms with van der Waals surface area (Å²) < 4.78 is 21.4. The first-order chi connectivity index (χ1) is 14.1. The molecule has 0 aliphatic carbocycles. The van der Waals surface area contributed by atoms with E-state index >= 15 is 0 Å². The van der Waals surface area contributed by atoms with Crippen LogP contribution in [0.25, 0.3) is 11.0 Å². The molecule has 4 rings (SSSR count). The molecular weight excluding hydrogens is 395 g/mol. The molecule has 3 aromatic rings. The number of hydrogen-bond donors (Lipinski definition) is 0. The van der Waals surface area contributed by atoms with Crippen molar-refractivity contribution in [1.82, 2.24) is 19.4 Å². The lowest BCUT2D eigenvalue weighted by atomic mass is 10.1. The number of pyridine rings is 1. The first-order valence-electron chi connectivity index (χ1n) is 9.58. The second kappa shape index (κ2) is 8.47. The van der Waals surface area contributed by atoms with Crippen molar-refractivity contribution in [2.45, 2.75) is 25.3 Å². The summed E-state index contributed by atoms with van der Waals surface area (Å²) >= 11 is 6.08. The molecule has 6 nitrogen and oxygen atoms in total. The Morgan fingerprint density at radius 1 is 1.38 bits per heavy atom. The molecule has 0 saturated carbocycles. The number of aromatic nitrogens is 3. The molecule has 1 aliphatic heterocycles. The van der Waals surface area contributed by atoms with E-state index in [2.05, 4.69) is 9.55 Å². The number of benzene rings is 1. The summed E-state index contributed by atoms with van der Waals surface area (Å²) in [5.74, 6) is 0.472. The van der Waals surface area contributed by atoms with Crippen LogP contribution < -0.4 is 0 Å². The maximum atomic E-state index is 14.0. The number of ether oxygens (including phenoxy) is 1. The summed E-state index contributed by atoms with van der Waals surface area (Å²) in [6, 6.07) is 6.36. The van der Waals surface area contributed by atoms with Gasteiger partial charge in [-0.15, -0.1) is 0 Å². The number of hydrogen-bond acceptors (Lipinski definition) is 4. The molecule has 1 saturated heterocycles. The number of rotatable bonds is 6. The number of carbonyl (C=O) groups is 1. The summed E-state index contributed by atoms with van der Waals surface area (Å²) in [6.07, 6.45) is 4.30. The van der Waals surface area contributed by atoms with Gasteiger partial charge in [0.2, 0.25) is 5.91 Å². The first-order valence-corrected chi connectivity index (χ1v) is 9.96. The molecule has 2 aromatic heterocycles. The van der Waals surface area contributed by atoms with Crippen molar-refractivity contribution in [2.24, 2.45) is 0 Å². The van der Waals surface area contributed by atoms with Crippen LogP contribution >= 0.6 is 11.6 Å². The molecule has 1 atom stereocenters. The van der Waals surface area contributed by atoms with Crippen molar-refractivity contribution in [3.05, 3.63) is 58.9 Å². The molecule has 1 amide bonds. The second-order valence-corrected chi connectivity index (χ2v) is 7.59. The highest BCUT2D eigenvalue weighted by Crippen LogP contribution is 2.30. The molecule has 1 aromatic carbocycles. The van der Waals surface area contributed by atoms with Gasteiger partial charge in [0.25, 0.3) is 0 Å². The zero-order valence-electron chi connectivity index (χ0n) is 16.1. The van der Waals surface area contributed by atoms with Crippen molar-refractivity contribution < 1.29 is 13.9 Å². The molecule has 0 bridgehead atoms. The maximum Gasteiger partial charge on any atom is 0.227 e. The van der Waals surface area contributed by atoms with E-state index in [0.717, 1.165) is 23.3 Å². The van der Waals surface area contributed by atoms with E-state index in [1.54, 1.807) is 30.5 Å². The van der Waals surface area contributed by atoms with Crippen LogP contribution in [0.3, 0.4) is 0 Å². The van der Waals surface area contributed by atoms with Crippen molar-refractivity contribution >= 4 is 28.5 Å². The van der Waals surface area contributed by atoms with Crippen molar-refractivity contribution in [1.29, 1.82) is 0 Å². The van der Waals surface area contributed by atoms with Crippen LogP contribution in [-0.4, -0.2) is 52.1 Å². The molecule has 0 unspecified atom stereocenters. The number of nitrogens with zero attached hydrogens (tertiary/aromatic N) is 4. The SMILES string of the molecule is COCCn1c([C@H]2CCN(C(=O)Cc3c(F)cccc3Cl)C2)nc2ccncc21. The van der Waals surface area contributed by atoms with Gasteiger partial charge in [0.1, 0.15) is 11.6 Å². The largest absolute Gasteiger partial charge is 0.383 e. The Hall–Kier alpha value is -2.51. The van der Waals surface area contributed by atoms with E-state index < -0.39 is 5.82 Å². The summed E-state index contributed by atoms with van der Waals surface area (Å²) in [5, 5.41) is 0.281. The molecule has 3 heterocycles. The van der Waals surface area contributed by atoms with Gasteiger partial charge < -0.3 is 14.2 Å². The predicted molar refractivity (Wildman–Crippen MR) is 108 cm³/mol. The van der Waals surface area contributed by atoms with Crippen molar-refractivity contribution in [2.75, 3.05) is 26.8 Å². The highest BCUT2D eigenvalue weighted by molar-refractivity contribution is 6.31. The Morgan fingerprint density at radius 2 is 2.24 bits per heavy atom. The van der Waals surface area contributed by atoms with Gasteiger partial charge in [-0.05, 0) is 24.6 Å². The Labute approximate surface area is 173 Å². The minimum Gasteiger partial charge on any atom is -0.383 e. The fourth-order valence-corrected chi connectivity index (χ4v) is 4.11. The average Bonchev–Trinajstić information content (AvgIpc) is 3.34. The third kappa shape index (κ3) is 3.97. The van der Waals surface area contributed by atoms with Crippen LogP contribution in [-0.2, 0) is 22.5 Å². The van der Waals surface area contributed by atoms with Crippen LogP contribution in [0.5, 0.6) is 0 Å². The van der Waals surface area contributed by atoms with Crippen molar-refractivity contribution in [3.63, 3.8) is 0 Å². The van der Waals surface area contributed by atoms with Gasteiger partial charge in [-0.3, -0.25) is 9.78 Å². The molecule has 0 spiro atoms. The maximum absolute atomic E-state index is 14.0. The monoisotopic (exact) mass is 416 g/mol. The quantitative estimate of drug-likeness (QED) is 0.617. The van der Waals surface area contributed by atoms with Gasteiger partial charge in [0, 0.05) is 49.4 Å². The van der Waals surface area contributed by atoms with E-state index in [1.165, 1.54) is 12.1 Å². The van der Waals surface area contributed by atoms with Gasteiger partial charge in [-0.25, -0.2) is 9.37 Å². The minimum absolute atomic E-state index is 0.0394. The lowest BCUT2D eigenvalue weighted by Gasteiger charge is -2.18. The Kier molecular flexibility index (Phi) is 5.78. The van der Waals surface area contributed by atoms with E-state index in [1.807, 2.05) is 6.07 Å². The van der Waals surface area contributed by atoms with Crippen LogP contribution in [0.15, 0.2) is 36.7 Å². The Bertz CT molecular complexity index is 1020. The van der Waals surface area contributed by atoms with E-state index in [4.69, 9.17) is 21.3 Å². The molecule has 1 fully saturated rings. The number of carbonyl (C=O) groups excluding carboxylic acids is 1. The predicted octanol–water partition coefficient (Wildman–Crippen LogP) is 3.43. The van der Waals surface area contributed by atoms with E-state index in [-0.39, 0.29) is 28.8 Å². The van der Waals surface area contributed by atoms with Crippen LogP contribution in [0.1, 0.15) is 23.7 Å². The van der Waals surface area contributed by atoms with Gasteiger partial charge in [-0.2, -0.15) is 0 Å². The zero-order valence-corrected chi connectivity index (χ0v) is 16.9. The van der Waals surface area contributed by atoms with E-state index in [0.29, 0.717) is 26.2 Å². The smallest absolute Gasteiger partial charge is 0.227 e. The number of likely N-dealkylation sites (tertiary alicyclic amines) is 1. The third-order valence-electron chi connectivity index (χ3n) is 5.39. The summed E-state index contributed by atoms with van der Waals surface area (Å²) in [7, 11) is 1.67. The second-order valence-electron chi connectivity index (χ2n) is 7.18. The molecule has 8 heteroatoms. The first kappa shape index (κ1) is 19.8. The van der Waals surface area contributed by atoms with Gasteiger partial charge >= 0.3 is 0 Å². The molecule has 1 aliphatic rings. The molecular formula is C21H22ClFN4O2. The van der Waals surface area contributed by atoms with Gasteiger partial charge in [0.05, 0.1) is 30.3 Å². The number of amides is 1. The highest BCUT2D eigenvalue weighted by atomic mass is 35.5. The molecule has 0 radical (unpaired) electrons. The standard InChI is InChI=1S/C21H22ClFN4O2/c1-29-10-9-27-19-12-24-7-5-18(19)25-21(27)14-6-8-26(13-14)20(28)11-15-16(22)3-2-4-17(15)23/h2-5,7,12,14H,6,8-11,13H2,1H3/t14-/m0/s1. The number of halogens is 2. The fraction of sp³-hybridized carbons (Fsp3) is 0.381. The normalized spacial score (nSPS) is 16.7. The van der Waals surface area contributed by atoms with Crippen LogP contribution in [0.2, 0.25) is 5.02 Å². The fourth-order valence-electron chi connectivity index (χ4n) is 3.88. The lowest BCUT2D eigenvalue weighted by molar-refractivity contribution is -0.129. The van der Waals surface area contributed by atoms with Gasteiger partial charge in [0.15, 0.2) is 0 Å². The summed E-state index contributed by atoms with van der Waals surface area (Å²) in [5.41, 5.74) is 2.09. The Balaban J connectivity index is 1.53.